The first-order valence-electron chi connectivity index (χ1n) is 6.45. The molecule has 1 aromatic rings. The van der Waals surface area contributed by atoms with Gasteiger partial charge in [0.15, 0.2) is 5.96 Å². The Labute approximate surface area is 147 Å². The van der Waals surface area contributed by atoms with Gasteiger partial charge in [-0.1, -0.05) is 18.2 Å². The molecule has 0 spiro atoms. The minimum absolute atomic E-state index is 0. The molecule has 0 fully saturated rings. The Morgan fingerprint density at radius 1 is 1.24 bits per heavy atom. The van der Waals surface area contributed by atoms with Crippen molar-refractivity contribution in [2.75, 3.05) is 33.0 Å². The highest BCUT2D eigenvalue weighted by Gasteiger charge is 2.01. The number of benzene rings is 1. The first-order valence-corrected chi connectivity index (χ1v) is 7.44. The standard InChI is InChI=1S/C14H21N3O2S.HI/c1-15-14(16-9-8-13(18)19-2)17-10-11-20-12-6-4-3-5-7-12;/h3-7H,8-11H2,1-2H3,(H2,15,16,17);1H. The second kappa shape index (κ2) is 12.8. The topological polar surface area (TPSA) is 62.7 Å². The molecule has 0 aliphatic rings. The van der Waals surface area contributed by atoms with Crippen molar-refractivity contribution in [3.05, 3.63) is 30.3 Å². The normalized spacial score (nSPS) is 10.5. The van der Waals surface area contributed by atoms with Crippen molar-refractivity contribution in [3.63, 3.8) is 0 Å². The van der Waals surface area contributed by atoms with E-state index in [-0.39, 0.29) is 29.9 Å². The SMILES string of the molecule is CN=C(NCCSc1ccccc1)NCCC(=O)OC.I. The van der Waals surface area contributed by atoms with E-state index in [1.54, 1.807) is 18.8 Å². The number of methoxy groups -OCH3 is 1. The van der Waals surface area contributed by atoms with Crippen LogP contribution in [0.4, 0.5) is 0 Å². The maximum Gasteiger partial charge on any atom is 0.307 e. The van der Waals surface area contributed by atoms with Crippen LogP contribution in [0.5, 0.6) is 0 Å². The van der Waals surface area contributed by atoms with Gasteiger partial charge in [-0.05, 0) is 12.1 Å². The van der Waals surface area contributed by atoms with E-state index in [1.165, 1.54) is 12.0 Å². The summed E-state index contributed by atoms with van der Waals surface area (Å²) in [5.41, 5.74) is 0. The number of thioether (sulfide) groups is 1. The van der Waals surface area contributed by atoms with Crippen molar-refractivity contribution in [2.45, 2.75) is 11.3 Å². The van der Waals surface area contributed by atoms with Crippen LogP contribution >= 0.6 is 35.7 Å². The number of guanidine groups is 1. The number of halogens is 1. The van der Waals surface area contributed by atoms with Crippen LogP contribution in [-0.4, -0.2) is 44.9 Å². The van der Waals surface area contributed by atoms with Crippen LogP contribution in [0, 0.1) is 0 Å². The van der Waals surface area contributed by atoms with Crippen LogP contribution in [0.25, 0.3) is 0 Å². The average Bonchev–Trinajstić information content (AvgIpc) is 2.50. The molecule has 0 aliphatic carbocycles. The highest BCUT2D eigenvalue weighted by atomic mass is 127. The number of nitrogens with zero attached hydrogens (tertiary/aromatic N) is 1. The number of ether oxygens (including phenoxy) is 1. The summed E-state index contributed by atoms with van der Waals surface area (Å²) in [6.07, 6.45) is 0.329. The molecule has 0 aliphatic heterocycles. The monoisotopic (exact) mass is 423 g/mol. The molecule has 0 bridgehead atoms. The van der Waals surface area contributed by atoms with Gasteiger partial charge in [-0.2, -0.15) is 0 Å². The number of hydrogen-bond acceptors (Lipinski definition) is 4. The van der Waals surface area contributed by atoms with Gasteiger partial charge in [0.05, 0.1) is 13.5 Å². The van der Waals surface area contributed by atoms with Crippen molar-refractivity contribution in [1.29, 1.82) is 0 Å². The van der Waals surface area contributed by atoms with Crippen molar-refractivity contribution in [2.24, 2.45) is 4.99 Å². The van der Waals surface area contributed by atoms with E-state index in [0.717, 1.165) is 12.3 Å². The van der Waals surface area contributed by atoms with Crippen molar-refractivity contribution < 1.29 is 9.53 Å². The summed E-state index contributed by atoms with van der Waals surface area (Å²) in [5, 5.41) is 6.26. The van der Waals surface area contributed by atoms with Crippen LogP contribution in [0.3, 0.4) is 0 Å². The third-order valence-electron chi connectivity index (χ3n) is 2.48. The summed E-state index contributed by atoms with van der Waals surface area (Å²) in [6, 6.07) is 10.3. The van der Waals surface area contributed by atoms with Crippen molar-refractivity contribution in [3.8, 4) is 0 Å². The van der Waals surface area contributed by atoms with Crippen LogP contribution in [0.15, 0.2) is 40.2 Å². The predicted molar refractivity (Wildman–Crippen MR) is 98.6 cm³/mol. The predicted octanol–water partition coefficient (Wildman–Crippen LogP) is 2.12. The fraction of sp³-hybridized carbons (Fsp3) is 0.429. The maximum atomic E-state index is 11.0. The van der Waals surface area contributed by atoms with Gasteiger partial charge in [0.1, 0.15) is 0 Å². The summed E-state index contributed by atoms with van der Waals surface area (Å²) >= 11 is 1.79. The fourth-order valence-electron chi connectivity index (χ4n) is 1.46. The Morgan fingerprint density at radius 3 is 2.52 bits per heavy atom. The lowest BCUT2D eigenvalue weighted by molar-refractivity contribution is -0.140. The van der Waals surface area contributed by atoms with E-state index < -0.39 is 0 Å². The Hall–Kier alpha value is -0.960. The zero-order valence-corrected chi connectivity index (χ0v) is 15.4. The lowest BCUT2D eigenvalue weighted by Gasteiger charge is -2.11. The number of nitrogens with one attached hydrogen (secondary N) is 2. The number of carbonyl (C=O) groups is 1. The molecule has 21 heavy (non-hydrogen) atoms. The largest absolute Gasteiger partial charge is 0.469 e. The molecule has 0 saturated carbocycles. The molecule has 5 nitrogen and oxygen atoms in total. The van der Waals surface area contributed by atoms with Gasteiger partial charge in [0, 0.05) is 30.8 Å². The molecule has 0 amide bonds. The van der Waals surface area contributed by atoms with Gasteiger partial charge in [-0.15, -0.1) is 35.7 Å². The molecule has 0 unspecified atom stereocenters. The number of carbonyl (C=O) groups excluding carboxylic acids is 1. The van der Waals surface area contributed by atoms with Crippen LogP contribution in [0.2, 0.25) is 0 Å². The van der Waals surface area contributed by atoms with Gasteiger partial charge in [-0.3, -0.25) is 9.79 Å². The quantitative estimate of drug-likeness (QED) is 0.176. The number of esters is 1. The summed E-state index contributed by atoms with van der Waals surface area (Å²) in [5.74, 6) is 1.41. The second-order valence-corrected chi connectivity index (χ2v) is 5.08. The Morgan fingerprint density at radius 2 is 1.90 bits per heavy atom. The molecular formula is C14H22IN3O2S. The third kappa shape index (κ3) is 9.57. The molecule has 1 aromatic carbocycles. The van der Waals surface area contributed by atoms with Crippen LogP contribution in [0.1, 0.15) is 6.42 Å². The summed E-state index contributed by atoms with van der Waals surface area (Å²) in [4.78, 5) is 16.3. The minimum atomic E-state index is -0.229. The van der Waals surface area contributed by atoms with E-state index in [4.69, 9.17) is 0 Å². The zero-order valence-electron chi connectivity index (χ0n) is 12.3. The summed E-state index contributed by atoms with van der Waals surface area (Å²) in [7, 11) is 3.09. The molecule has 7 heteroatoms. The zero-order chi connectivity index (χ0) is 14.6. The molecule has 2 N–H and O–H groups in total. The first kappa shape index (κ1) is 20.0. The number of hydrogen-bond donors (Lipinski definition) is 2. The highest BCUT2D eigenvalue weighted by Crippen LogP contribution is 2.15. The lowest BCUT2D eigenvalue weighted by atomic mass is 10.4. The van der Waals surface area contributed by atoms with E-state index >= 15 is 0 Å². The smallest absolute Gasteiger partial charge is 0.307 e. The number of aliphatic imine (C=N–C) groups is 1. The van der Waals surface area contributed by atoms with E-state index in [2.05, 4.69) is 32.5 Å². The van der Waals surface area contributed by atoms with Gasteiger partial charge in [0.25, 0.3) is 0 Å². The van der Waals surface area contributed by atoms with Crippen molar-refractivity contribution >= 4 is 47.7 Å². The van der Waals surface area contributed by atoms with Gasteiger partial charge >= 0.3 is 5.97 Å². The molecule has 0 radical (unpaired) electrons. The van der Waals surface area contributed by atoms with Crippen LogP contribution < -0.4 is 10.6 Å². The minimum Gasteiger partial charge on any atom is -0.469 e. The second-order valence-electron chi connectivity index (χ2n) is 3.91. The Kier molecular flexibility index (Phi) is 12.2. The van der Waals surface area contributed by atoms with E-state index in [9.17, 15) is 4.79 Å². The van der Waals surface area contributed by atoms with E-state index in [1.807, 2.05) is 18.2 Å². The molecule has 0 atom stereocenters. The first-order chi connectivity index (χ1) is 9.76. The maximum absolute atomic E-state index is 11.0. The molecule has 118 valence electrons. The fourth-order valence-corrected chi connectivity index (χ4v) is 2.25. The number of rotatable bonds is 7. The average molecular weight is 423 g/mol. The Balaban J connectivity index is 0.00000400. The molecular weight excluding hydrogens is 401 g/mol. The van der Waals surface area contributed by atoms with E-state index in [0.29, 0.717) is 18.9 Å². The van der Waals surface area contributed by atoms with Gasteiger partial charge in [0.2, 0.25) is 0 Å². The van der Waals surface area contributed by atoms with Gasteiger partial charge < -0.3 is 15.4 Å². The molecule has 0 saturated heterocycles. The lowest BCUT2D eigenvalue weighted by Crippen LogP contribution is -2.39. The highest BCUT2D eigenvalue weighted by molar-refractivity contribution is 14.0. The van der Waals surface area contributed by atoms with Gasteiger partial charge in [-0.25, -0.2) is 0 Å². The summed E-state index contributed by atoms with van der Waals surface area (Å²) < 4.78 is 4.57. The summed E-state index contributed by atoms with van der Waals surface area (Å²) in [6.45, 7) is 1.32. The molecule has 0 heterocycles. The van der Waals surface area contributed by atoms with Crippen LogP contribution in [-0.2, 0) is 9.53 Å². The molecule has 0 aromatic heterocycles. The molecule has 1 rings (SSSR count). The third-order valence-corrected chi connectivity index (χ3v) is 3.49. The van der Waals surface area contributed by atoms with Crippen molar-refractivity contribution in [1.82, 2.24) is 10.6 Å². The Bertz CT molecular complexity index is 429.